The Labute approximate surface area is 186 Å². The van der Waals surface area contributed by atoms with Crippen LogP contribution in [0.3, 0.4) is 0 Å². The molecule has 3 aromatic carbocycles. The van der Waals surface area contributed by atoms with Gasteiger partial charge in [-0.15, -0.1) is 0 Å². The van der Waals surface area contributed by atoms with Crippen molar-refractivity contribution in [2.24, 2.45) is 0 Å². The monoisotopic (exact) mass is 456 g/mol. The van der Waals surface area contributed by atoms with Crippen LogP contribution in [0.2, 0.25) is 0 Å². The molecule has 0 heterocycles. The topological polar surface area (TPSA) is 196 Å². The predicted octanol–water partition coefficient (Wildman–Crippen LogP) is 2.92. The molecule has 10 nitrogen and oxygen atoms in total. The van der Waals surface area contributed by atoms with Crippen molar-refractivity contribution in [1.29, 1.82) is 0 Å². The van der Waals surface area contributed by atoms with Gasteiger partial charge in [-0.05, 0) is 43.7 Å². The normalized spacial score (nSPS) is 11.0. The van der Waals surface area contributed by atoms with Gasteiger partial charge in [0, 0.05) is 17.0 Å². The molecular formula is C23H20O10. The van der Waals surface area contributed by atoms with Crippen LogP contribution in [0.5, 0.6) is 46.0 Å². The molecule has 0 radical (unpaired) electrons. The van der Waals surface area contributed by atoms with Crippen LogP contribution in [0.25, 0.3) is 0 Å². The van der Waals surface area contributed by atoms with Crippen LogP contribution in [0.1, 0.15) is 57.2 Å². The quantitative estimate of drug-likeness (QED) is 0.161. The third-order valence-electron chi connectivity index (χ3n) is 5.27. The molecule has 0 aliphatic carbocycles. The van der Waals surface area contributed by atoms with Gasteiger partial charge in [0.15, 0.2) is 46.1 Å². The Bertz CT molecular complexity index is 1230. The van der Waals surface area contributed by atoms with Gasteiger partial charge in [-0.2, -0.15) is 0 Å². The highest BCUT2D eigenvalue weighted by Crippen LogP contribution is 2.52. The molecule has 0 aliphatic heterocycles. The third kappa shape index (κ3) is 3.78. The van der Waals surface area contributed by atoms with Gasteiger partial charge < -0.3 is 40.9 Å². The summed E-state index contributed by atoms with van der Waals surface area (Å²) in [5.41, 5.74) is -1.24. The molecule has 0 bridgehead atoms. The highest BCUT2D eigenvalue weighted by molar-refractivity contribution is 5.99. The Kier molecular flexibility index (Phi) is 5.70. The third-order valence-corrected chi connectivity index (χ3v) is 5.27. The molecular weight excluding hydrogens is 436 g/mol. The minimum absolute atomic E-state index is 0.0649. The van der Waals surface area contributed by atoms with Crippen LogP contribution in [0.15, 0.2) is 30.3 Å². The first-order valence-electron chi connectivity index (χ1n) is 9.46. The van der Waals surface area contributed by atoms with Crippen molar-refractivity contribution in [1.82, 2.24) is 0 Å². The number of phenolic OH excluding ortho intramolecular Hbond substituents is 8. The van der Waals surface area contributed by atoms with E-state index in [-0.39, 0.29) is 27.8 Å². The van der Waals surface area contributed by atoms with E-state index in [2.05, 4.69) is 0 Å². The molecule has 0 unspecified atom stereocenters. The second-order valence-corrected chi connectivity index (χ2v) is 7.41. The van der Waals surface area contributed by atoms with E-state index in [1.807, 2.05) is 0 Å². The highest BCUT2D eigenvalue weighted by atomic mass is 16.3. The SMILES string of the molecule is CC(=O)c1cc(C(c2ccc(O)c(O)c2)c2cc(C(C)=O)c(O)c(O)c2O)c(O)c(O)c1O. The van der Waals surface area contributed by atoms with Gasteiger partial charge >= 0.3 is 0 Å². The van der Waals surface area contributed by atoms with Crippen LogP contribution in [-0.4, -0.2) is 52.4 Å². The Balaban J connectivity index is 2.49. The Hall–Kier alpha value is -4.60. The lowest BCUT2D eigenvalue weighted by Crippen LogP contribution is -2.08. The molecule has 0 fully saturated rings. The lowest BCUT2D eigenvalue weighted by atomic mass is 9.81. The summed E-state index contributed by atoms with van der Waals surface area (Å²) in [6, 6.07) is 5.46. The first-order valence-corrected chi connectivity index (χ1v) is 9.46. The number of rotatable bonds is 5. The summed E-state index contributed by atoms with van der Waals surface area (Å²) in [5, 5.41) is 81.4. The van der Waals surface area contributed by atoms with Crippen molar-refractivity contribution in [2.75, 3.05) is 0 Å². The summed E-state index contributed by atoms with van der Waals surface area (Å²) in [6.07, 6.45) is 0. The molecule has 0 spiro atoms. The Morgan fingerprint density at radius 2 is 1.00 bits per heavy atom. The van der Waals surface area contributed by atoms with Crippen molar-refractivity contribution < 1.29 is 50.4 Å². The van der Waals surface area contributed by atoms with E-state index >= 15 is 0 Å². The molecule has 3 rings (SSSR count). The average Bonchev–Trinajstić information content (AvgIpc) is 2.75. The van der Waals surface area contributed by atoms with Gasteiger partial charge in [-0.25, -0.2) is 0 Å². The minimum Gasteiger partial charge on any atom is -0.504 e. The van der Waals surface area contributed by atoms with E-state index in [4.69, 9.17) is 0 Å². The van der Waals surface area contributed by atoms with E-state index in [1.54, 1.807) is 0 Å². The molecule has 0 amide bonds. The fourth-order valence-corrected chi connectivity index (χ4v) is 3.56. The summed E-state index contributed by atoms with van der Waals surface area (Å²) in [5.74, 6) is -9.50. The molecule has 10 heteroatoms. The maximum Gasteiger partial charge on any atom is 0.201 e. The molecule has 0 atom stereocenters. The fraction of sp³-hybridized carbons (Fsp3) is 0.130. The van der Waals surface area contributed by atoms with Gasteiger partial charge in [0.2, 0.25) is 11.5 Å². The second kappa shape index (κ2) is 8.15. The number of phenols is 8. The lowest BCUT2D eigenvalue weighted by Gasteiger charge is -2.24. The van der Waals surface area contributed by atoms with Crippen LogP contribution >= 0.6 is 0 Å². The van der Waals surface area contributed by atoms with E-state index in [0.29, 0.717) is 0 Å². The Morgan fingerprint density at radius 3 is 1.36 bits per heavy atom. The van der Waals surface area contributed by atoms with E-state index in [9.17, 15) is 50.4 Å². The standard InChI is InChI=1S/C23H20O10/c1-8(24)11-6-13(20(30)22(32)18(11)28)17(10-3-4-15(26)16(27)5-10)14-7-12(9(2)25)19(29)23(33)21(14)31/h3-7,17,26-33H,1-2H3. The number of ketones is 2. The van der Waals surface area contributed by atoms with Gasteiger partial charge in [0.25, 0.3) is 0 Å². The van der Waals surface area contributed by atoms with E-state index in [1.165, 1.54) is 6.07 Å². The zero-order chi connectivity index (χ0) is 24.8. The van der Waals surface area contributed by atoms with Crippen LogP contribution in [0, 0.1) is 0 Å². The second-order valence-electron chi connectivity index (χ2n) is 7.41. The van der Waals surface area contributed by atoms with E-state index < -0.39 is 63.5 Å². The summed E-state index contributed by atoms with van der Waals surface area (Å²) in [6.45, 7) is 2.18. The first kappa shape index (κ1) is 23.1. The van der Waals surface area contributed by atoms with Crippen molar-refractivity contribution >= 4 is 11.6 Å². The number of benzene rings is 3. The summed E-state index contributed by atoms with van der Waals surface area (Å²) < 4.78 is 0. The average molecular weight is 456 g/mol. The predicted molar refractivity (Wildman–Crippen MR) is 114 cm³/mol. The molecule has 0 aromatic heterocycles. The largest absolute Gasteiger partial charge is 0.504 e. The van der Waals surface area contributed by atoms with Crippen LogP contribution < -0.4 is 0 Å². The van der Waals surface area contributed by atoms with Gasteiger partial charge in [0.05, 0.1) is 11.1 Å². The molecule has 0 saturated carbocycles. The molecule has 172 valence electrons. The number of hydrogen-bond acceptors (Lipinski definition) is 10. The van der Waals surface area contributed by atoms with Gasteiger partial charge in [-0.1, -0.05) is 6.07 Å². The number of Topliss-reactive ketones (excluding diaryl/α,β-unsaturated/α-hetero) is 2. The molecule has 8 N–H and O–H groups in total. The van der Waals surface area contributed by atoms with Crippen LogP contribution in [0.4, 0.5) is 0 Å². The lowest BCUT2D eigenvalue weighted by molar-refractivity contribution is 0.100. The summed E-state index contributed by atoms with van der Waals surface area (Å²) in [4.78, 5) is 24.0. The van der Waals surface area contributed by atoms with Gasteiger partial charge in [-0.3, -0.25) is 9.59 Å². The van der Waals surface area contributed by atoms with Crippen molar-refractivity contribution in [2.45, 2.75) is 19.8 Å². The van der Waals surface area contributed by atoms with Gasteiger partial charge in [0.1, 0.15) is 0 Å². The maximum atomic E-state index is 12.0. The molecule has 33 heavy (non-hydrogen) atoms. The first-order chi connectivity index (χ1) is 15.4. The van der Waals surface area contributed by atoms with E-state index in [0.717, 1.165) is 38.1 Å². The number of hydrogen-bond donors (Lipinski definition) is 8. The number of aromatic hydroxyl groups is 8. The van der Waals surface area contributed by atoms with Crippen LogP contribution in [-0.2, 0) is 0 Å². The fourth-order valence-electron chi connectivity index (χ4n) is 3.56. The van der Waals surface area contributed by atoms with Crippen molar-refractivity contribution in [3.8, 4) is 46.0 Å². The number of carbonyl (C=O) groups excluding carboxylic acids is 2. The summed E-state index contributed by atoms with van der Waals surface area (Å²) >= 11 is 0. The maximum absolute atomic E-state index is 12.0. The molecule has 0 aliphatic rings. The zero-order valence-corrected chi connectivity index (χ0v) is 17.4. The van der Waals surface area contributed by atoms with Crippen molar-refractivity contribution in [3.63, 3.8) is 0 Å². The van der Waals surface area contributed by atoms with Crippen molar-refractivity contribution in [3.05, 3.63) is 58.1 Å². The minimum atomic E-state index is -1.38. The molecule has 0 saturated heterocycles. The zero-order valence-electron chi connectivity index (χ0n) is 17.4. The summed E-state index contributed by atoms with van der Waals surface area (Å²) in [7, 11) is 0. The number of carbonyl (C=O) groups is 2. The Morgan fingerprint density at radius 1 is 0.576 bits per heavy atom. The highest BCUT2D eigenvalue weighted by Gasteiger charge is 2.31. The smallest absolute Gasteiger partial charge is 0.201 e. The molecule has 3 aromatic rings.